The molecule has 2 aromatic carbocycles. The molecule has 2 rings (SSSR count). The minimum Gasteiger partial charge on any atom is -0.497 e. The van der Waals surface area contributed by atoms with Crippen LogP contribution in [0.25, 0.3) is 0 Å². The maximum atomic E-state index is 12.7. The number of hydrogen-bond acceptors (Lipinski definition) is 4. The minimum atomic E-state index is -0.403. The van der Waals surface area contributed by atoms with E-state index in [1.54, 1.807) is 48.5 Å². The van der Waals surface area contributed by atoms with Gasteiger partial charge in [-0.2, -0.15) is 0 Å². The van der Waals surface area contributed by atoms with Crippen LogP contribution in [0, 0.1) is 0 Å². The number of carbonyl (C=O) groups is 2. The molecule has 0 spiro atoms. The number of ether oxygens (including phenoxy) is 2. The molecule has 0 saturated heterocycles. The van der Waals surface area contributed by atoms with E-state index in [2.05, 4.69) is 17.2 Å². The van der Waals surface area contributed by atoms with Crippen molar-refractivity contribution in [2.45, 2.75) is 0 Å². The molecule has 0 aliphatic carbocycles. The number of para-hydroxylation sites is 1. The normalized spacial score (nSPS) is 9.84. The van der Waals surface area contributed by atoms with Gasteiger partial charge in [0, 0.05) is 6.54 Å². The zero-order chi connectivity index (χ0) is 18.2. The average Bonchev–Trinajstić information content (AvgIpc) is 2.65. The highest BCUT2D eigenvalue weighted by molar-refractivity contribution is 6.10. The number of methoxy groups -OCH3 is 2. The summed E-state index contributed by atoms with van der Waals surface area (Å²) in [6.45, 7) is 3.90. The van der Waals surface area contributed by atoms with Crippen LogP contribution in [0.1, 0.15) is 20.7 Å². The summed E-state index contributed by atoms with van der Waals surface area (Å²) in [5.41, 5.74) is 1.07. The van der Waals surface area contributed by atoms with Crippen LogP contribution in [0.3, 0.4) is 0 Å². The van der Waals surface area contributed by atoms with Crippen LogP contribution in [0.2, 0.25) is 0 Å². The molecule has 130 valence electrons. The van der Waals surface area contributed by atoms with Crippen LogP contribution in [0.15, 0.2) is 55.1 Å². The fraction of sp³-hybridized carbons (Fsp3) is 0.158. The first-order valence-electron chi connectivity index (χ1n) is 7.62. The van der Waals surface area contributed by atoms with Gasteiger partial charge in [0.2, 0.25) is 0 Å². The van der Waals surface area contributed by atoms with E-state index in [9.17, 15) is 9.59 Å². The van der Waals surface area contributed by atoms with Crippen LogP contribution in [0.4, 0.5) is 5.69 Å². The topological polar surface area (TPSA) is 76.7 Å². The predicted octanol–water partition coefficient (Wildman–Crippen LogP) is 2.87. The monoisotopic (exact) mass is 340 g/mol. The van der Waals surface area contributed by atoms with Gasteiger partial charge in [0.15, 0.2) is 0 Å². The summed E-state index contributed by atoms with van der Waals surface area (Å²) < 4.78 is 10.4. The third kappa shape index (κ3) is 4.38. The Hall–Kier alpha value is -3.28. The third-order valence-electron chi connectivity index (χ3n) is 3.48. The predicted molar refractivity (Wildman–Crippen MR) is 96.5 cm³/mol. The Morgan fingerprint density at radius 3 is 2.48 bits per heavy atom. The van der Waals surface area contributed by atoms with E-state index < -0.39 is 5.91 Å². The van der Waals surface area contributed by atoms with E-state index in [4.69, 9.17) is 9.47 Å². The van der Waals surface area contributed by atoms with E-state index in [0.717, 1.165) is 0 Å². The van der Waals surface area contributed by atoms with E-state index in [1.165, 1.54) is 14.2 Å². The summed E-state index contributed by atoms with van der Waals surface area (Å²) in [5.74, 6) is 0.239. The highest BCUT2D eigenvalue weighted by Gasteiger charge is 2.17. The Morgan fingerprint density at radius 2 is 1.80 bits per heavy atom. The highest BCUT2D eigenvalue weighted by Crippen LogP contribution is 2.25. The molecule has 0 aliphatic rings. The second-order valence-electron chi connectivity index (χ2n) is 5.06. The SMILES string of the molecule is C=CCNC(=O)c1ccccc1NC(=O)c1cc(OC)ccc1OC. The Kier molecular flexibility index (Phi) is 6.17. The van der Waals surface area contributed by atoms with Crippen molar-refractivity contribution in [3.05, 3.63) is 66.2 Å². The lowest BCUT2D eigenvalue weighted by molar-refractivity contribution is 0.0959. The number of hydrogen-bond donors (Lipinski definition) is 2. The Labute approximate surface area is 146 Å². The lowest BCUT2D eigenvalue weighted by Gasteiger charge is -2.13. The summed E-state index contributed by atoms with van der Waals surface area (Å²) in [7, 11) is 3.00. The molecule has 0 atom stereocenters. The molecule has 6 heteroatoms. The van der Waals surface area contributed by atoms with Gasteiger partial charge in [-0.05, 0) is 30.3 Å². The van der Waals surface area contributed by atoms with Crippen molar-refractivity contribution >= 4 is 17.5 Å². The van der Waals surface area contributed by atoms with E-state index >= 15 is 0 Å². The number of nitrogens with one attached hydrogen (secondary N) is 2. The lowest BCUT2D eigenvalue weighted by Crippen LogP contribution is -2.25. The molecule has 6 nitrogen and oxygen atoms in total. The number of rotatable bonds is 7. The molecule has 0 radical (unpaired) electrons. The number of carbonyl (C=O) groups excluding carboxylic acids is 2. The van der Waals surface area contributed by atoms with Crippen LogP contribution >= 0.6 is 0 Å². The molecule has 2 N–H and O–H groups in total. The maximum Gasteiger partial charge on any atom is 0.259 e. The second kappa shape index (κ2) is 8.54. The van der Waals surface area contributed by atoms with Crippen LogP contribution in [0.5, 0.6) is 11.5 Å². The average molecular weight is 340 g/mol. The van der Waals surface area contributed by atoms with Gasteiger partial charge in [-0.1, -0.05) is 18.2 Å². The highest BCUT2D eigenvalue weighted by atomic mass is 16.5. The molecule has 0 aliphatic heterocycles. The molecular formula is C19H20N2O4. The molecule has 2 aromatic rings. The zero-order valence-electron chi connectivity index (χ0n) is 14.2. The van der Waals surface area contributed by atoms with Crippen LogP contribution < -0.4 is 20.1 Å². The number of benzene rings is 2. The number of anilines is 1. The molecule has 2 amide bonds. The van der Waals surface area contributed by atoms with Crippen molar-refractivity contribution in [3.8, 4) is 11.5 Å². The van der Waals surface area contributed by atoms with Gasteiger partial charge in [-0.25, -0.2) is 0 Å². The van der Waals surface area contributed by atoms with E-state index in [0.29, 0.717) is 34.9 Å². The van der Waals surface area contributed by atoms with Crippen molar-refractivity contribution in [2.24, 2.45) is 0 Å². The Morgan fingerprint density at radius 1 is 1.04 bits per heavy atom. The summed E-state index contributed by atoms with van der Waals surface area (Å²) in [6.07, 6.45) is 1.58. The largest absolute Gasteiger partial charge is 0.497 e. The minimum absolute atomic E-state index is 0.298. The van der Waals surface area contributed by atoms with Gasteiger partial charge in [-0.3, -0.25) is 9.59 Å². The molecule has 25 heavy (non-hydrogen) atoms. The Balaban J connectivity index is 2.30. The van der Waals surface area contributed by atoms with Crippen molar-refractivity contribution in [3.63, 3.8) is 0 Å². The smallest absolute Gasteiger partial charge is 0.259 e. The summed E-state index contributed by atoms with van der Waals surface area (Å²) in [4.78, 5) is 24.9. The van der Waals surface area contributed by atoms with Gasteiger partial charge in [-0.15, -0.1) is 6.58 Å². The van der Waals surface area contributed by atoms with Crippen molar-refractivity contribution in [1.82, 2.24) is 5.32 Å². The third-order valence-corrected chi connectivity index (χ3v) is 3.48. The van der Waals surface area contributed by atoms with Crippen molar-refractivity contribution < 1.29 is 19.1 Å². The quantitative estimate of drug-likeness (QED) is 0.760. The molecule has 0 fully saturated rings. The van der Waals surface area contributed by atoms with Crippen LogP contribution in [-0.2, 0) is 0 Å². The second-order valence-corrected chi connectivity index (χ2v) is 5.06. The van der Waals surface area contributed by atoms with Crippen molar-refractivity contribution in [2.75, 3.05) is 26.1 Å². The standard InChI is InChI=1S/C19H20N2O4/c1-4-11-20-18(22)14-7-5-6-8-16(14)21-19(23)15-12-13(24-2)9-10-17(15)25-3/h4-10,12H,1,11H2,2-3H3,(H,20,22)(H,21,23). The molecule has 0 saturated carbocycles. The molecular weight excluding hydrogens is 320 g/mol. The zero-order valence-corrected chi connectivity index (χ0v) is 14.2. The summed E-state index contributed by atoms with van der Waals surface area (Å²) in [6, 6.07) is 11.7. The lowest BCUT2D eigenvalue weighted by atomic mass is 10.1. The van der Waals surface area contributed by atoms with E-state index in [-0.39, 0.29) is 5.91 Å². The first kappa shape index (κ1) is 18.1. The number of amides is 2. The molecule has 0 unspecified atom stereocenters. The van der Waals surface area contributed by atoms with Crippen molar-refractivity contribution in [1.29, 1.82) is 0 Å². The molecule has 0 aromatic heterocycles. The summed E-state index contributed by atoms with van der Waals surface area (Å²) >= 11 is 0. The first-order valence-corrected chi connectivity index (χ1v) is 7.62. The van der Waals surface area contributed by atoms with Gasteiger partial charge < -0.3 is 20.1 Å². The fourth-order valence-electron chi connectivity index (χ4n) is 2.23. The van der Waals surface area contributed by atoms with E-state index in [1.807, 2.05) is 0 Å². The van der Waals surface area contributed by atoms with Crippen LogP contribution in [-0.4, -0.2) is 32.6 Å². The molecule has 0 heterocycles. The maximum absolute atomic E-state index is 12.7. The summed E-state index contributed by atoms with van der Waals surface area (Å²) in [5, 5.41) is 5.44. The van der Waals surface area contributed by atoms with Gasteiger partial charge in [0.05, 0.1) is 31.0 Å². The first-order chi connectivity index (χ1) is 12.1. The fourth-order valence-corrected chi connectivity index (χ4v) is 2.23. The molecule has 0 bridgehead atoms. The van der Waals surface area contributed by atoms with Gasteiger partial charge >= 0.3 is 0 Å². The van der Waals surface area contributed by atoms with Gasteiger partial charge in [0.25, 0.3) is 11.8 Å². The Bertz CT molecular complexity index is 787. The van der Waals surface area contributed by atoms with Gasteiger partial charge in [0.1, 0.15) is 11.5 Å².